The molecule has 1 aliphatic carbocycles. The molecule has 2 aromatic rings. The Labute approximate surface area is 204 Å². The number of carbonyl (C=O) groups is 2. The molecule has 6 nitrogen and oxygen atoms in total. The molecule has 8 heteroatoms. The summed E-state index contributed by atoms with van der Waals surface area (Å²) in [5.41, 5.74) is 4.24. The average Bonchev–Trinajstić information content (AvgIpc) is 3.40. The van der Waals surface area contributed by atoms with Crippen LogP contribution in [-0.2, 0) is 20.8 Å². The van der Waals surface area contributed by atoms with E-state index in [1.54, 1.807) is 11.3 Å². The highest BCUT2D eigenvalue weighted by atomic mass is 32.1. The fourth-order valence-corrected chi connectivity index (χ4v) is 6.81. The molecular formula is C26H30BNO5S. The summed E-state index contributed by atoms with van der Waals surface area (Å²) in [5, 5.41) is 23.3. The summed E-state index contributed by atoms with van der Waals surface area (Å²) in [5.74, 6) is -1.06. The Morgan fingerprint density at radius 1 is 1.18 bits per heavy atom. The number of fused-ring (bicyclic) bond motifs is 3. The lowest BCUT2D eigenvalue weighted by Crippen LogP contribution is -2.44. The van der Waals surface area contributed by atoms with Crippen molar-refractivity contribution in [1.29, 1.82) is 0 Å². The number of nitrogens with zero attached hydrogens (tertiary/aromatic N) is 1. The highest BCUT2D eigenvalue weighted by Gasteiger charge is 2.57. The van der Waals surface area contributed by atoms with E-state index in [1.807, 2.05) is 43.5 Å². The normalized spacial score (nSPS) is 26.8. The molecule has 2 fully saturated rings. The number of aromatic hydroxyl groups is 1. The Morgan fingerprint density at radius 2 is 1.91 bits per heavy atom. The van der Waals surface area contributed by atoms with Crippen LogP contribution in [0.3, 0.4) is 0 Å². The van der Waals surface area contributed by atoms with Crippen molar-refractivity contribution in [3.63, 3.8) is 0 Å². The van der Waals surface area contributed by atoms with Crippen LogP contribution in [0.1, 0.15) is 60.3 Å². The SMILES string of the molecule is CCCC1=C2B(O)O[C@H](c3cc(C)c(O)c(C)c3)C[C@H]2[C@H]2C(=O)N(Cc3cccs3)C(=O)[C@H]2C1. The molecule has 178 valence electrons. The Balaban J connectivity index is 1.51. The van der Waals surface area contributed by atoms with E-state index in [-0.39, 0.29) is 29.4 Å². The molecule has 34 heavy (non-hydrogen) atoms. The summed E-state index contributed by atoms with van der Waals surface area (Å²) in [4.78, 5) is 29.5. The molecule has 3 aliphatic rings. The van der Waals surface area contributed by atoms with Gasteiger partial charge in [-0.2, -0.15) is 0 Å². The van der Waals surface area contributed by atoms with Gasteiger partial charge in [0.2, 0.25) is 11.8 Å². The molecule has 3 heterocycles. The Kier molecular flexibility index (Phi) is 6.17. The number of benzene rings is 1. The first kappa shape index (κ1) is 23.3. The number of phenolic OH excluding ortho intramolecular Hbond substituents is 1. The summed E-state index contributed by atoms with van der Waals surface area (Å²) >= 11 is 1.54. The van der Waals surface area contributed by atoms with Gasteiger partial charge in [-0.3, -0.25) is 14.5 Å². The van der Waals surface area contributed by atoms with Crippen molar-refractivity contribution in [2.75, 3.05) is 0 Å². The first-order chi connectivity index (χ1) is 16.3. The number of imide groups is 1. The second-order valence-corrected chi connectivity index (χ2v) is 10.8. The van der Waals surface area contributed by atoms with Gasteiger partial charge >= 0.3 is 7.12 Å². The third-order valence-corrected chi connectivity index (χ3v) is 8.49. The smallest absolute Gasteiger partial charge is 0.487 e. The third kappa shape index (κ3) is 3.82. The minimum atomic E-state index is -1.10. The van der Waals surface area contributed by atoms with Gasteiger partial charge < -0.3 is 14.8 Å². The van der Waals surface area contributed by atoms with Gasteiger partial charge in [-0.1, -0.05) is 25.0 Å². The lowest BCUT2D eigenvalue weighted by Gasteiger charge is -2.42. The first-order valence-electron chi connectivity index (χ1n) is 12.0. The predicted molar refractivity (Wildman–Crippen MR) is 131 cm³/mol. The molecule has 0 saturated carbocycles. The van der Waals surface area contributed by atoms with E-state index in [9.17, 15) is 19.7 Å². The van der Waals surface area contributed by atoms with Gasteiger partial charge in [-0.15, -0.1) is 11.3 Å². The van der Waals surface area contributed by atoms with Crippen LogP contribution in [0.5, 0.6) is 5.75 Å². The zero-order valence-electron chi connectivity index (χ0n) is 19.8. The van der Waals surface area contributed by atoms with Gasteiger partial charge in [0.05, 0.1) is 24.5 Å². The number of aryl methyl sites for hydroxylation is 2. The molecule has 1 aromatic heterocycles. The highest BCUT2D eigenvalue weighted by molar-refractivity contribution is 7.09. The van der Waals surface area contributed by atoms with Crippen molar-refractivity contribution in [1.82, 2.24) is 4.90 Å². The van der Waals surface area contributed by atoms with E-state index >= 15 is 0 Å². The monoisotopic (exact) mass is 479 g/mol. The summed E-state index contributed by atoms with van der Waals surface area (Å²) in [6, 6.07) is 7.64. The predicted octanol–water partition coefficient (Wildman–Crippen LogP) is 4.47. The van der Waals surface area contributed by atoms with Crippen molar-refractivity contribution < 1.29 is 24.4 Å². The maximum absolute atomic E-state index is 13.6. The number of carbonyl (C=O) groups excluding carboxylic acids is 2. The molecule has 4 atom stereocenters. The molecule has 2 amide bonds. The zero-order chi connectivity index (χ0) is 24.1. The number of rotatable bonds is 5. The Hall–Kier alpha value is -2.42. The number of phenols is 1. The third-order valence-electron chi connectivity index (χ3n) is 7.63. The van der Waals surface area contributed by atoms with Crippen molar-refractivity contribution >= 4 is 30.3 Å². The van der Waals surface area contributed by atoms with Gasteiger partial charge in [-0.05, 0) is 84.8 Å². The highest BCUT2D eigenvalue weighted by Crippen LogP contribution is 2.52. The molecule has 2 aliphatic heterocycles. The van der Waals surface area contributed by atoms with Crippen molar-refractivity contribution in [3.8, 4) is 5.75 Å². The van der Waals surface area contributed by atoms with Crippen LogP contribution in [0, 0.1) is 31.6 Å². The van der Waals surface area contributed by atoms with Crippen LogP contribution in [0.25, 0.3) is 0 Å². The van der Waals surface area contributed by atoms with Crippen LogP contribution in [0.2, 0.25) is 0 Å². The lowest BCUT2D eigenvalue weighted by molar-refractivity contribution is -0.140. The maximum atomic E-state index is 13.6. The van der Waals surface area contributed by atoms with Gasteiger partial charge in [0.15, 0.2) is 0 Å². The summed E-state index contributed by atoms with van der Waals surface area (Å²) in [7, 11) is -1.10. The number of hydrogen-bond acceptors (Lipinski definition) is 6. The van der Waals surface area contributed by atoms with Gasteiger partial charge in [0.25, 0.3) is 0 Å². The fourth-order valence-electron chi connectivity index (χ4n) is 6.12. The molecule has 5 rings (SSSR count). The molecular weight excluding hydrogens is 449 g/mol. The second kappa shape index (κ2) is 8.98. The number of amides is 2. The minimum Gasteiger partial charge on any atom is -0.507 e. The van der Waals surface area contributed by atoms with Crippen LogP contribution in [0.4, 0.5) is 0 Å². The zero-order valence-corrected chi connectivity index (χ0v) is 20.6. The number of likely N-dealkylation sites (tertiary alicyclic amines) is 1. The molecule has 0 unspecified atom stereocenters. The van der Waals surface area contributed by atoms with Crippen LogP contribution in [-0.4, -0.2) is 34.0 Å². The summed E-state index contributed by atoms with van der Waals surface area (Å²) < 4.78 is 6.10. The Bertz CT molecular complexity index is 1140. The van der Waals surface area contributed by atoms with Crippen molar-refractivity contribution in [3.05, 3.63) is 62.3 Å². The quantitative estimate of drug-likeness (QED) is 0.488. The van der Waals surface area contributed by atoms with Gasteiger partial charge in [0.1, 0.15) is 5.75 Å². The van der Waals surface area contributed by atoms with E-state index in [1.165, 1.54) is 4.90 Å². The number of allylic oxidation sites excluding steroid dienone is 2. The van der Waals surface area contributed by atoms with Crippen LogP contribution >= 0.6 is 11.3 Å². The number of hydrogen-bond donors (Lipinski definition) is 2. The van der Waals surface area contributed by atoms with Gasteiger partial charge in [0, 0.05) is 4.88 Å². The van der Waals surface area contributed by atoms with Crippen LogP contribution in [0.15, 0.2) is 40.7 Å². The minimum absolute atomic E-state index is 0.0927. The van der Waals surface area contributed by atoms with E-state index in [4.69, 9.17) is 4.65 Å². The average molecular weight is 479 g/mol. The molecule has 1 aromatic carbocycles. The Morgan fingerprint density at radius 3 is 2.56 bits per heavy atom. The van der Waals surface area contributed by atoms with Crippen molar-refractivity contribution in [2.45, 2.75) is 59.1 Å². The van der Waals surface area contributed by atoms with Gasteiger partial charge in [-0.25, -0.2) is 0 Å². The molecule has 2 N–H and O–H groups in total. The fraction of sp³-hybridized carbons (Fsp3) is 0.462. The maximum Gasteiger partial charge on any atom is 0.487 e. The topological polar surface area (TPSA) is 87.1 Å². The molecule has 0 radical (unpaired) electrons. The molecule has 2 saturated heterocycles. The standard InChI is InChI=1S/C26H30BNO5S/c1-4-6-16-11-20-22(26(31)28(25(20)30)13-18-7-5-8-34-18)19-12-21(33-27(32)23(16)19)17-9-14(2)24(29)15(3)10-17/h5,7-10,19-22,29,32H,4,6,11-13H2,1-3H3/t19-,20-,21-,22+/m0/s1. The summed E-state index contributed by atoms with van der Waals surface area (Å²) in [6.45, 7) is 6.08. The van der Waals surface area contributed by atoms with Crippen molar-refractivity contribution in [2.24, 2.45) is 17.8 Å². The summed E-state index contributed by atoms with van der Waals surface area (Å²) in [6.07, 6.45) is 2.30. The molecule has 0 spiro atoms. The molecule has 0 bridgehead atoms. The number of thiophene rings is 1. The van der Waals surface area contributed by atoms with E-state index in [0.29, 0.717) is 19.4 Å². The van der Waals surface area contributed by atoms with Crippen LogP contribution < -0.4 is 0 Å². The van der Waals surface area contributed by atoms with E-state index in [2.05, 4.69) is 6.92 Å². The van der Waals surface area contributed by atoms with E-state index in [0.717, 1.165) is 45.5 Å². The second-order valence-electron chi connectivity index (χ2n) is 9.81. The first-order valence-corrected chi connectivity index (χ1v) is 12.9. The lowest BCUT2D eigenvalue weighted by atomic mass is 9.54. The van der Waals surface area contributed by atoms with E-state index < -0.39 is 19.1 Å². The largest absolute Gasteiger partial charge is 0.507 e.